The van der Waals surface area contributed by atoms with Gasteiger partial charge in [0, 0.05) is 31.0 Å². The molecule has 0 unspecified atom stereocenters. The van der Waals surface area contributed by atoms with Gasteiger partial charge in [0.25, 0.3) is 0 Å². The molecule has 0 radical (unpaired) electrons. The summed E-state index contributed by atoms with van der Waals surface area (Å²) >= 11 is 3.37. The van der Waals surface area contributed by atoms with Gasteiger partial charge in [-0.3, -0.25) is 4.79 Å². The summed E-state index contributed by atoms with van der Waals surface area (Å²) in [5.41, 5.74) is 1.43. The number of anilines is 1. The zero-order valence-electron chi connectivity index (χ0n) is 12.4. The third kappa shape index (κ3) is 2.86. The van der Waals surface area contributed by atoms with Crippen LogP contribution in [0.2, 0.25) is 0 Å². The first-order valence-electron chi connectivity index (χ1n) is 6.93. The van der Waals surface area contributed by atoms with Crippen LogP contribution in [-0.2, 0) is 21.2 Å². The molecule has 21 heavy (non-hydrogen) atoms. The van der Waals surface area contributed by atoms with Gasteiger partial charge in [0.2, 0.25) is 15.9 Å². The molecular weight excluding hydrogens is 356 g/mol. The minimum Gasteiger partial charge on any atom is -0.311 e. The van der Waals surface area contributed by atoms with E-state index in [0.29, 0.717) is 31.7 Å². The molecule has 0 aromatic heterocycles. The molecule has 0 spiro atoms. The standard InChI is InChI=1S/C14H19BrN2O3S/c1-4-16(5-2)21(19,20)13-9-12(15)8-11-6-7-17(10(3)18)14(11)13/h8-9H,4-7H2,1-3H3. The molecule has 0 atom stereocenters. The Kier molecular flexibility index (Phi) is 4.75. The van der Waals surface area contributed by atoms with Crippen molar-refractivity contribution >= 4 is 37.5 Å². The largest absolute Gasteiger partial charge is 0.311 e. The zero-order valence-corrected chi connectivity index (χ0v) is 14.8. The van der Waals surface area contributed by atoms with E-state index in [0.717, 1.165) is 10.0 Å². The maximum atomic E-state index is 12.8. The van der Waals surface area contributed by atoms with E-state index in [9.17, 15) is 13.2 Å². The lowest BCUT2D eigenvalue weighted by Gasteiger charge is -2.23. The number of nitrogens with zero attached hydrogens (tertiary/aromatic N) is 2. The summed E-state index contributed by atoms with van der Waals surface area (Å²) in [7, 11) is -3.61. The number of benzene rings is 1. The molecule has 0 saturated heterocycles. The van der Waals surface area contributed by atoms with Crippen LogP contribution in [0.1, 0.15) is 26.3 Å². The average molecular weight is 375 g/mol. The molecule has 2 rings (SSSR count). The number of carbonyl (C=O) groups is 1. The quantitative estimate of drug-likeness (QED) is 0.812. The Morgan fingerprint density at radius 3 is 2.48 bits per heavy atom. The molecule has 7 heteroatoms. The number of rotatable bonds is 4. The van der Waals surface area contributed by atoms with Crippen LogP contribution in [0.3, 0.4) is 0 Å². The van der Waals surface area contributed by atoms with E-state index in [4.69, 9.17) is 0 Å². The first-order chi connectivity index (χ1) is 9.82. The molecule has 1 aromatic carbocycles. The number of hydrogen-bond donors (Lipinski definition) is 0. The molecular formula is C14H19BrN2O3S. The lowest BCUT2D eigenvalue weighted by molar-refractivity contribution is -0.116. The van der Waals surface area contributed by atoms with Gasteiger partial charge in [-0.05, 0) is 24.1 Å². The summed E-state index contributed by atoms with van der Waals surface area (Å²) in [5.74, 6) is -0.132. The highest BCUT2D eigenvalue weighted by atomic mass is 79.9. The van der Waals surface area contributed by atoms with Crippen molar-refractivity contribution < 1.29 is 13.2 Å². The normalized spacial score (nSPS) is 14.6. The van der Waals surface area contributed by atoms with Crippen LogP contribution in [0.4, 0.5) is 5.69 Å². The van der Waals surface area contributed by atoms with Crippen molar-refractivity contribution in [3.8, 4) is 0 Å². The van der Waals surface area contributed by atoms with Crippen molar-refractivity contribution in [2.24, 2.45) is 0 Å². The zero-order chi connectivity index (χ0) is 15.8. The fourth-order valence-electron chi connectivity index (χ4n) is 2.68. The highest BCUT2D eigenvalue weighted by Crippen LogP contribution is 2.38. The molecule has 5 nitrogen and oxygen atoms in total. The topological polar surface area (TPSA) is 57.7 Å². The van der Waals surface area contributed by atoms with Gasteiger partial charge in [0.15, 0.2) is 0 Å². The number of sulfonamides is 1. The van der Waals surface area contributed by atoms with Crippen molar-refractivity contribution in [3.63, 3.8) is 0 Å². The molecule has 0 fully saturated rings. The molecule has 1 aromatic rings. The van der Waals surface area contributed by atoms with Gasteiger partial charge in [0.05, 0.1) is 5.69 Å². The van der Waals surface area contributed by atoms with Crippen LogP contribution in [0.15, 0.2) is 21.5 Å². The number of fused-ring (bicyclic) bond motifs is 1. The van der Waals surface area contributed by atoms with Gasteiger partial charge in [0.1, 0.15) is 4.90 Å². The van der Waals surface area contributed by atoms with Gasteiger partial charge in [-0.2, -0.15) is 4.31 Å². The Morgan fingerprint density at radius 2 is 1.95 bits per heavy atom. The van der Waals surface area contributed by atoms with E-state index < -0.39 is 10.0 Å². The number of amides is 1. The smallest absolute Gasteiger partial charge is 0.245 e. The van der Waals surface area contributed by atoms with E-state index in [1.54, 1.807) is 11.0 Å². The second kappa shape index (κ2) is 6.06. The summed E-state index contributed by atoms with van der Waals surface area (Å²) in [6.07, 6.45) is 0.676. The van der Waals surface area contributed by atoms with E-state index >= 15 is 0 Å². The van der Waals surface area contributed by atoms with Crippen molar-refractivity contribution in [2.45, 2.75) is 32.1 Å². The molecule has 1 aliphatic rings. The summed E-state index contributed by atoms with van der Waals surface area (Å²) in [6, 6.07) is 3.48. The van der Waals surface area contributed by atoms with Crippen LogP contribution < -0.4 is 4.90 Å². The molecule has 0 N–H and O–H groups in total. The summed E-state index contributed by atoms with van der Waals surface area (Å²) in [5, 5.41) is 0. The van der Waals surface area contributed by atoms with E-state index in [-0.39, 0.29) is 10.8 Å². The Bertz CT molecular complexity index is 669. The van der Waals surface area contributed by atoms with Crippen molar-refractivity contribution in [1.29, 1.82) is 0 Å². The number of carbonyl (C=O) groups excluding carboxylic acids is 1. The summed E-state index contributed by atoms with van der Waals surface area (Å²) < 4.78 is 27.8. The van der Waals surface area contributed by atoms with E-state index in [1.165, 1.54) is 11.2 Å². The number of hydrogen-bond acceptors (Lipinski definition) is 3. The fraction of sp³-hybridized carbons (Fsp3) is 0.500. The van der Waals surface area contributed by atoms with Crippen LogP contribution in [0, 0.1) is 0 Å². The highest BCUT2D eigenvalue weighted by Gasteiger charge is 2.33. The summed E-state index contributed by atoms with van der Waals surface area (Å²) in [4.78, 5) is 13.6. The third-order valence-electron chi connectivity index (χ3n) is 3.70. The molecule has 0 bridgehead atoms. The van der Waals surface area contributed by atoms with Gasteiger partial charge >= 0.3 is 0 Å². The second-order valence-corrected chi connectivity index (χ2v) is 7.74. The molecule has 116 valence electrons. The second-order valence-electron chi connectivity index (χ2n) is 4.92. The lowest BCUT2D eigenvalue weighted by Crippen LogP contribution is -2.33. The third-order valence-corrected chi connectivity index (χ3v) is 6.22. The first-order valence-corrected chi connectivity index (χ1v) is 9.16. The lowest BCUT2D eigenvalue weighted by atomic mass is 10.2. The Hall–Kier alpha value is -0.920. The van der Waals surface area contributed by atoms with E-state index in [2.05, 4.69) is 15.9 Å². The monoisotopic (exact) mass is 374 g/mol. The fourth-order valence-corrected chi connectivity index (χ4v) is 5.06. The maximum absolute atomic E-state index is 12.8. The predicted molar refractivity (Wildman–Crippen MR) is 86.0 cm³/mol. The Morgan fingerprint density at radius 1 is 1.33 bits per heavy atom. The average Bonchev–Trinajstić information content (AvgIpc) is 2.82. The van der Waals surface area contributed by atoms with Crippen molar-refractivity contribution in [3.05, 3.63) is 22.2 Å². The maximum Gasteiger partial charge on any atom is 0.245 e. The van der Waals surface area contributed by atoms with Gasteiger partial charge in [-0.25, -0.2) is 8.42 Å². The predicted octanol–water partition coefficient (Wildman–Crippen LogP) is 2.39. The van der Waals surface area contributed by atoms with Crippen molar-refractivity contribution in [2.75, 3.05) is 24.5 Å². The molecule has 0 saturated carbocycles. The minimum atomic E-state index is -3.61. The summed E-state index contributed by atoms with van der Waals surface area (Å²) in [6.45, 7) is 6.41. The molecule has 1 heterocycles. The molecule has 1 aliphatic heterocycles. The van der Waals surface area contributed by atoms with E-state index in [1.807, 2.05) is 19.9 Å². The Balaban J connectivity index is 2.68. The number of halogens is 1. The first kappa shape index (κ1) is 16.5. The Labute approximate surface area is 134 Å². The van der Waals surface area contributed by atoms with Crippen LogP contribution in [0.25, 0.3) is 0 Å². The highest BCUT2D eigenvalue weighted by molar-refractivity contribution is 9.10. The molecule has 1 amide bonds. The van der Waals surface area contributed by atoms with Crippen LogP contribution >= 0.6 is 15.9 Å². The SMILES string of the molecule is CCN(CC)S(=O)(=O)c1cc(Br)cc2c1N(C(C)=O)CC2. The van der Waals surface area contributed by atoms with Gasteiger partial charge in [-0.1, -0.05) is 29.8 Å². The molecule has 0 aliphatic carbocycles. The van der Waals surface area contributed by atoms with Crippen LogP contribution in [0.5, 0.6) is 0 Å². The minimum absolute atomic E-state index is 0.132. The van der Waals surface area contributed by atoms with Crippen LogP contribution in [-0.4, -0.2) is 38.3 Å². The van der Waals surface area contributed by atoms with Gasteiger partial charge < -0.3 is 4.90 Å². The van der Waals surface area contributed by atoms with Gasteiger partial charge in [-0.15, -0.1) is 0 Å². The van der Waals surface area contributed by atoms with Crippen molar-refractivity contribution in [1.82, 2.24) is 4.31 Å².